The van der Waals surface area contributed by atoms with Gasteiger partial charge in [-0.1, -0.05) is 29.8 Å². The first-order valence-electron chi connectivity index (χ1n) is 7.89. The molecule has 130 valence electrons. The molecule has 0 bridgehead atoms. The number of hydrogen-bond acceptors (Lipinski definition) is 6. The number of hydrogen-bond donors (Lipinski definition) is 0. The summed E-state index contributed by atoms with van der Waals surface area (Å²) in [5.41, 5.74) is 1.34. The van der Waals surface area contributed by atoms with E-state index >= 15 is 0 Å². The van der Waals surface area contributed by atoms with E-state index in [2.05, 4.69) is 10.2 Å². The number of benzene rings is 2. The van der Waals surface area contributed by atoms with Crippen LogP contribution in [0.5, 0.6) is 0 Å². The Hall–Kier alpha value is -3.12. The van der Waals surface area contributed by atoms with Crippen LogP contribution in [0.2, 0.25) is 5.02 Å². The third-order valence-electron chi connectivity index (χ3n) is 3.77. The van der Waals surface area contributed by atoms with Gasteiger partial charge in [0.25, 0.3) is 5.89 Å². The molecule has 4 rings (SSSR count). The van der Waals surface area contributed by atoms with Gasteiger partial charge in [0.15, 0.2) is 6.10 Å². The van der Waals surface area contributed by atoms with Crippen molar-refractivity contribution in [1.29, 1.82) is 0 Å². The van der Waals surface area contributed by atoms with Crippen molar-refractivity contribution < 1.29 is 18.4 Å². The lowest BCUT2D eigenvalue weighted by atomic mass is 10.2. The number of rotatable bonds is 4. The minimum atomic E-state index is -0.718. The summed E-state index contributed by atoms with van der Waals surface area (Å²) in [4.78, 5) is 12.3. The molecule has 2 heterocycles. The monoisotopic (exact) mass is 368 g/mol. The molecule has 26 heavy (non-hydrogen) atoms. The molecule has 2 aromatic carbocycles. The highest BCUT2D eigenvalue weighted by atomic mass is 35.5. The van der Waals surface area contributed by atoms with E-state index in [0.29, 0.717) is 16.5 Å². The van der Waals surface area contributed by atoms with Gasteiger partial charge in [0, 0.05) is 16.0 Å². The van der Waals surface area contributed by atoms with Crippen molar-refractivity contribution in [1.82, 2.24) is 10.2 Å². The zero-order valence-corrected chi connectivity index (χ0v) is 14.4. The van der Waals surface area contributed by atoms with Crippen LogP contribution in [0.25, 0.3) is 22.4 Å². The molecule has 6 nitrogen and oxygen atoms in total. The van der Waals surface area contributed by atoms with E-state index in [1.165, 1.54) is 0 Å². The Morgan fingerprint density at radius 2 is 1.88 bits per heavy atom. The largest absolute Gasteiger partial charge is 0.449 e. The third kappa shape index (κ3) is 3.19. The van der Waals surface area contributed by atoms with E-state index in [1.807, 2.05) is 30.3 Å². The quantitative estimate of drug-likeness (QED) is 0.469. The first kappa shape index (κ1) is 16.4. The molecule has 0 aliphatic rings. The van der Waals surface area contributed by atoms with Crippen molar-refractivity contribution in [3.63, 3.8) is 0 Å². The summed E-state index contributed by atoms with van der Waals surface area (Å²) in [5, 5.41) is 9.22. The number of aromatic nitrogens is 2. The van der Waals surface area contributed by atoms with Crippen LogP contribution in [0.15, 0.2) is 63.4 Å². The summed E-state index contributed by atoms with van der Waals surface area (Å²) in [6.07, 6.45) is -0.718. The zero-order chi connectivity index (χ0) is 18.1. The zero-order valence-electron chi connectivity index (χ0n) is 13.7. The number of furan rings is 1. The van der Waals surface area contributed by atoms with Gasteiger partial charge in [0.1, 0.15) is 5.58 Å². The van der Waals surface area contributed by atoms with Crippen LogP contribution >= 0.6 is 11.6 Å². The molecule has 0 saturated carbocycles. The average molecular weight is 369 g/mol. The fourth-order valence-electron chi connectivity index (χ4n) is 2.48. The van der Waals surface area contributed by atoms with Crippen LogP contribution in [-0.4, -0.2) is 16.2 Å². The van der Waals surface area contributed by atoms with Gasteiger partial charge in [-0.05, 0) is 43.3 Å². The predicted molar refractivity (Wildman–Crippen MR) is 94.8 cm³/mol. The predicted octanol–water partition coefficient (Wildman–Crippen LogP) is 5.05. The standard InChI is InChI=1S/C19H13ClN2O4/c1-11(17-21-22-18(26-17)12-5-3-2-4-6-12)24-19(23)16-10-13-9-14(20)7-8-15(13)25-16/h2-11H,1H3/t11-/m0/s1. The summed E-state index contributed by atoms with van der Waals surface area (Å²) in [6, 6.07) is 16.0. The molecule has 0 unspecified atom stereocenters. The van der Waals surface area contributed by atoms with Crippen molar-refractivity contribution >= 4 is 28.5 Å². The van der Waals surface area contributed by atoms with Crippen LogP contribution < -0.4 is 0 Å². The number of nitrogens with zero attached hydrogens (tertiary/aromatic N) is 2. The molecule has 1 atom stereocenters. The van der Waals surface area contributed by atoms with E-state index < -0.39 is 12.1 Å². The van der Waals surface area contributed by atoms with Gasteiger partial charge < -0.3 is 13.6 Å². The summed E-state index contributed by atoms with van der Waals surface area (Å²) in [5.74, 6) is 0.0273. The van der Waals surface area contributed by atoms with Crippen molar-refractivity contribution in [2.75, 3.05) is 0 Å². The molecular weight excluding hydrogens is 356 g/mol. The molecule has 0 aliphatic heterocycles. The van der Waals surface area contributed by atoms with Crippen molar-refractivity contribution in [3.05, 3.63) is 71.3 Å². The van der Waals surface area contributed by atoms with Crippen molar-refractivity contribution in [3.8, 4) is 11.5 Å². The van der Waals surface area contributed by atoms with E-state index in [4.69, 9.17) is 25.2 Å². The maximum absolute atomic E-state index is 12.3. The number of fused-ring (bicyclic) bond motifs is 1. The van der Waals surface area contributed by atoms with Crippen LogP contribution in [0.1, 0.15) is 29.5 Å². The van der Waals surface area contributed by atoms with Crippen molar-refractivity contribution in [2.45, 2.75) is 13.0 Å². The molecule has 0 N–H and O–H groups in total. The minimum Gasteiger partial charge on any atom is -0.449 e. The maximum Gasteiger partial charge on any atom is 0.375 e. The smallest absolute Gasteiger partial charge is 0.375 e. The first-order chi connectivity index (χ1) is 12.6. The Labute approximate surface area is 153 Å². The molecule has 4 aromatic rings. The second-order valence-corrected chi connectivity index (χ2v) is 6.09. The Kier molecular flexibility index (Phi) is 4.18. The van der Waals surface area contributed by atoms with Gasteiger partial charge in [-0.2, -0.15) is 0 Å². The normalized spacial score (nSPS) is 12.2. The van der Waals surface area contributed by atoms with E-state index in [-0.39, 0.29) is 11.7 Å². The molecule has 0 radical (unpaired) electrons. The molecule has 7 heteroatoms. The highest BCUT2D eigenvalue weighted by Crippen LogP contribution is 2.26. The van der Waals surface area contributed by atoms with Crippen LogP contribution in [0.4, 0.5) is 0 Å². The van der Waals surface area contributed by atoms with Crippen LogP contribution in [-0.2, 0) is 4.74 Å². The van der Waals surface area contributed by atoms with Gasteiger partial charge in [0.05, 0.1) is 0 Å². The number of halogens is 1. The molecule has 0 aliphatic carbocycles. The van der Waals surface area contributed by atoms with Gasteiger partial charge in [0.2, 0.25) is 11.7 Å². The van der Waals surface area contributed by atoms with Crippen LogP contribution in [0.3, 0.4) is 0 Å². The van der Waals surface area contributed by atoms with Crippen molar-refractivity contribution in [2.24, 2.45) is 0 Å². The molecule has 0 amide bonds. The number of ether oxygens (including phenoxy) is 1. The average Bonchev–Trinajstić information content (AvgIpc) is 3.29. The maximum atomic E-state index is 12.3. The summed E-state index contributed by atoms with van der Waals surface area (Å²) < 4.78 is 16.5. The fourth-order valence-corrected chi connectivity index (χ4v) is 2.66. The molecular formula is C19H13ClN2O4. The van der Waals surface area contributed by atoms with Crippen LogP contribution in [0, 0.1) is 0 Å². The van der Waals surface area contributed by atoms with Gasteiger partial charge in [-0.3, -0.25) is 0 Å². The molecule has 0 spiro atoms. The third-order valence-corrected chi connectivity index (χ3v) is 4.01. The topological polar surface area (TPSA) is 78.4 Å². The summed E-state index contributed by atoms with van der Waals surface area (Å²) in [6.45, 7) is 1.65. The second kappa shape index (κ2) is 6.65. The second-order valence-electron chi connectivity index (χ2n) is 5.65. The molecule has 0 saturated heterocycles. The fraction of sp³-hybridized carbons (Fsp3) is 0.105. The van der Waals surface area contributed by atoms with E-state index in [9.17, 15) is 4.79 Å². The number of esters is 1. The summed E-state index contributed by atoms with van der Waals surface area (Å²) >= 11 is 5.94. The first-order valence-corrected chi connectivity index (χ1v) is 8.27. The highest BCUT2D eigenvalue weighted by Gasteiger charge is 2.22. The Morgan fingerprint density at radius 3 is 2.69 bits per heavy atom. The van der Waals surface area contributed by atoms with E-state index in [1.54, 1.807) is 31.2 Å². The Balaban J connectivity index is 1.51. The molecule has 0 fully saturated rings. The van der Waals surface area contributed by atoms with Gasteiger partial charge in [-0.15, -0.1) is 10.2 Å². The summed E-state index contributed by atoms with van der Waals surface area (Å²) in [7, 11) is 0. The lowest BCUT2D eigenvalue weighted by Gasteiger charge is -2.07. The Bertz CT molecular complexity index is 1070. The Morgan fingerprint density at radius 1 is 1.08 bits per heavy atom. The molecule has 2 aromatic heterocycles. The van der Waals surface area contributed by atoms with Gasteiger partial charge >= 0.3 is 5.97 Å². The van der Waals surface area contributed by atoms with E-state index in [0.717, 1.165) is 10.9 Å². The lowest BCUT2D eigenvalue weighted by Crippen LogP contribution is -2.08. The number of carbonyl (C=O) groups excluding carboxylic acids is 1. The lowest BCUT2D eigenvalue weighted by molar-refractivity contribution is 0.0247. The van der Waals surface area contributed by atoms with Gasteiger partial charge in [-0.25, -0.2) is 4.79 Å². The number of carbonyl (C=O) groups is 1. The SMILES string of the molecule is C[C@H](OC(=O)c1cc2cc(Cl)ccc2o1)c1nnc(-c2ccccc2)o1. The minimum absolute atomic E-state index is 0.0805. The highest BCUT2D eigenvalue weighted by molar-refractivity contribution is 6.31.